The van der Waals surface area contributed by atoms with E-state index in [9.17, 15) is 14.4 Å². The molecule has 4 nitrogen and oxygen atoms in total. The number of amides is 3. The van der Waals surface area contributed by atoms with Crippen molar-refractivity contribution in [3.8, 4) is 12.3 Å². The highest BCUT2D eigenvalue weighted by atomic mass is 16.2. The minimum Gasteiger partial charge on any atom is -0.274 e. The molecule has 0 saturated heterocycles. The lowest BCUT2D eigenvalue weighted by molar-refractivity contribution is -0.148. The Bertz CT molecular complexity index is 317. The monoisotopic (exact) mass is 177 g/mol. The van der Waals surface area contributed by atoms with E-state index in [1.165, 1.54) is 0 Å². The Morgan fingerprint density at radius 3 is 2.38 bits per heavy atom. The maximum Gasteiger partial charge on any atom is 0.260 e. The first kappa shape index (κ1) is 9.20. The van der Waals surface area contributed by atoms with E-state index in [1.54, 1.807) is 0 Å². The van der Waals surface area contributed by atoms with Crippen molar-refractivity contribution in [3.63, 3.8) is 0 Å². The van der Waals surface area contributed by atoms with E-state index in [1.807, 2.05) is 0 Å². The third kappa shape index (κ3) is 1.82. The molecule has 4 heteroatoms. The highest BCUT2D eigenvalue weighted by molar-refractivity contribution is 6.22. The van der Waals surface area contributed by atoms with Gasteiger partial charge in [0, 0.05) is 25.0 Å². The maximum atomic E-state index is 11.2. The summed E-state index contributed by atoms with van der Waals surface area (Å²) in [5, 5.41) is 0. The van der Waals surface area contributed by atoms with Gasteiger partial charge in [-0.2, -0.15) is 0 Å². The lowest BCUT2D eigenvalue weighted by Gasteiger charge is -2.09. The van der Waals surface area contributed by atoms with Crippen LogP contribution in [-0.2, 0) is 14.4 Å². The summed E-state index contributed by atoms with van der Waals surface area (Å²) in [5.74, 6) is 0.536. The van der Waals surface area contributed by atoms with Gasteiger partial charge in [0.1, 0.15) is 0 Å². The molecule has 0 fully saturated rings. The summed E-state index contributed by atoms with van der Waals surface area (Å²) in [5.41, 5.74) is 0. The van der Waals surface area contributed by atoms with Crippen LogP contribution < -0.4 is 0 Å². The van der Waals surface area contributed by atoms with Crippen LogP contribution in [0.15, 0.2) is 12.2 Å². The highest BCUT2D eigenvalue weighted by Crippen LogP contribution is 2.06. The molecule has 1 rings (SSSR count). The quantitative estimate of drug-likeness (QED) is 0.435. The summed E-state index contributed by atoms with van der Waals surface area (Å²) in [6.45, 7) is 0. The van der Waals surface area contributed by atoms with Crippen molar-refractivity contribution in [2.45, 2.75) is 12.8 Å². The third-order valence-corrected chi connectivity index (χ3v) is 1.54. The summed E-state index contributed by atoms with van der Waals surface area (Å²) in [4.78, 5) is 33.6. The Labute approximate surface area is 75.2 Å². The molecule has 13 heavy (non-hydrogen) atoms. The van der Waals surface area contributed by atoms with Gasteiger partial charge in [-0.1, -0.05) is 0 Å². The van der Waals surface area contributed by atoms with Crippen LogP contribution in [0.1, 0.15) is 12.8 Å². The maximum absolute atomic E-state index is 11.2. The molecule has 0 saturated carbocycles. The van der Waals surface area contributed by atoms with Crippen molar-refractivity contribution < 1.29 is 14.4 Å². The molecule has 0 atom stereocenters. The Kier molecular flexibility index (Phi) is 2.60. The van der Waals surface area contributed by atoms with Gasteiger partial charge >= 0.3 is 0 Å². The molecular weight excluding hydrogens is 170 g/mol. The van der Waals surface area contributed by atoms with Crippen molar-refractivity contribution in [1.29, 1.82) is 0 Å². The van der Waals surface area contributed by atoms with Gasteiger partial charge in [-0.15, -0.1) is 12.3 Å². The number of carbonyl (C=O) groups is 3. The van der Waals surface area contributed by atoms with Crippen molar-refractivity contribution in [3.05, 3.63) is 12.2 Å². The molecule has 0 unspecified atom stereocenters. The zero-order chi connectivity index (χ0) is 9.84. The summed E-state index contributed by atoms with van der Waals surface area (Å²) < 4.78 is 0. The van der Waals surface area contributed by atoms with E-state index in [4.69, 9.17) is 6.42 Å². The van der Waals surface area contributed by atoms with Gasteiger partial charge in [0.05, 0.1) is 0 Å². The molecule has 66 valence electrons. The van der Waals surface area contributed by atoms with Crippen LogP contribution in [-0.4, -0.2) is 22.6 Å². The number of hydrogen-bond donors (Lipinski definition) is 0. The van der Waals surface area contributed by atoms with Gasteiger partial charge in [0.25, 0.3) is 11.8 Å². The lowest BCUT2D eigenvalue weighted by atomic mass is 10.3. The van der Waals surface area contributed by atoms with Crippen molar-refractivity contribution >= 4 is 17.7 Å². The van der Waals surface area contributed by atoms with Gasteiger partial charge in [-0.3, -0.25) is 14.4 Å². The minimum absolute atomic E-state index is 0.0235. The number of nitrogens with zero attached hydrogens (tertiary/aromatic N) is 1. The zero-order valence-electron chi connectivity index (χ0n) is 6.82. The standard InChI is InChI=1S/C9H7NO3/c1-2-3-4-7(11)10-8(12)5-6-9(10)13/h1,5-6H,3-4H2. The van der Waals surface area contributed by atoms with E-state index in [-0.39, 0.29) is 12.8 Å². The fourth-order valence-electron chi connectivity index (χ4n) is 0.937. The first-order valence-electron chi connectivity index (χ1n) is 3.69. The second-order valence-electron chi connectivity index (χ2n) is 2.44. The van der Waals surface area contributed by atoms with E-state index in [0.29, 0.717) is 4.90 Å². The van der Waals surface area contributed by atoms with Gasteiger partial charge in [0.15, 0.2) is 0 Å². The largest absolute Gasteiger partial charge is 0.274 e. The van der Waals surface area contributed by atoms with E-state index in [2.05, 4.69) is 5.92 Å². The predicted octanol–water partition coefficient (Wildman–Crippen LogP) is -0.149. The number of hydrogen-bond acceptors (Lipinski definition) is 3. The number of terminal acetylenes is 1. The fourth-order valence-corrected chi connectivity index (χ4v) is 0.937. The van der Waals surface area contributed by atoms with Crippen molar-refractivity contribution in [2.75, 3.05) is 0 Å². The van der Waals surface area contributed by atoms with Crippen LogP contribution in [0.25, 0.3) is 0 Å². The molecule has 0 aromatic heterocycles. The SMILES string of the molecule is C#CCCC(=O)N1C(=O)C=CC1=O. The second-order valence-corrected chi connectivity index (χ2v) is 2.44. The number of imide groups is 3. The molecular formula is C9H7NO3. The van der Waals surface area contributed by atoms with Crippen LogP contribution in [0, 0.1) is 12.3 Å². The fraction of sp³-hybridized carbons (Fsp3) is 0.222. The van der Waals surface area contributed by atoms with Crippen LogP contribution in [0.4, 0.5) is 0 Å². The minimum atomic E-state index is -0.591. The molecule has 0 aromatic carbocycles. The van der Waals surface area contributed by atoms with E-state index < -0.39 is 17.7 Å². The van der Waals surface area contributed by atoms with E-state index >= 15 is 0 Å². The third-order valence-electron chi connectivity index (χ3n) is 1.54. The number of rotatable bonds is 2. The normalized spacial score (nSPS) is 14.8. The molecule has 3 amide bonds. The summed E-state index contributed by atoms with van der Waals surface area (Å²) in [7, 11) is 0. The predicted molar refractivity (Wildman–Crippen MR) is 44.1 cm³/mol. The molecule has 0 aromatic rings. The van der Waals surface area contributed by atoms with Crippen molar-refractivity contribution in [2.24, 2.45) is 0 Å². The van der Waals surface area contributed by atoms with E-state index in [0.717, 1.165) is 12.2 Å². The molecule has 1 aliphatic heterocycles. The van der Waals surface area contributed by atoms with Gasteiger partial charge in [0.2, 0.25) is 5.91 Å². The van der Waals surface area contributed by atoms with Gasteiger partial charge in [-0.25, -0.2) is 4.90 Å². The topological polar surface area (TPSA) is 54.5 Å². The Morgan fingerprint density at radius 2 is 1.92 bits per heavy atom. The molecule has 1 heterocycles. The Balaban J connectivity index is 2.63. The zero-order valence-corrected chi connectivity index (χ0v) is 6.82. The molecule has 0 spiro atoms. The number of carbonyl (C=O) groups excluding carboxylic acids is 3. The summed E-state index contributed by atoms with van der Waals surface area (Å²) >= 11 is 0. The molecule has 0 N–H and O–H groups in total. The lowest BCUT2D eigenvalue weighted by Crippen LogP contribution is -2.35. The summed E-state index contributed by atoms with van der Waals surface area (Å²) in [6, 6.07) is 0. The van der Waals surface area contributed by atoms with Crippen LogP contribution in [0.3, 0.4) is 0 Å². The molecule has 0 bridgehead atoms. The van der Waals surface area contributed by atoms with Crippen LogP contribution >= 0.6 is 0 Å². The Hall–Kier alpha value is -1.89. The van der Waals surface area contributed by atoms with Gasteiger partial charge in [-0.05, 0) is 0 Å². The second kappa shape index (κ2) is 3.68. The molecule has 0 radical (unpaired) electrons. The van der Waals surface area contributed by atoms with Crippen molar-refractivity contribution in [1.82, 2.24) is 4.90 Å². The molecule has 1 aliphatic rings. The first-order valence-corrected chi connectivity index (χ1v) is 3.69. The highest BCUT2D eigenvalue weighted by Gasteiger charge is 2.28. The Morgan fingerprint density at radius 1 is 1.38 bits per heavy atom. The summed E-state index contributed by atoms with van der Waals surface area (Å²) in [6.07, 6.45) is 7.33. The average molecular weight is 177 g/mol. The molecule has 0 aliphatic carbocycles. The first-order chi connectivity index (χ1) is 6.16. The van der Waals surface area contributed by atoms with Crippen LogP contribution in [0.2, 0.25) is 0 Å². The average Bonchev–Trinajstić information content (AvgIpc) is 2.42. The smallest absolute Gasteiger partial charge is 0.260 e. The van der Waals surface area contributed by atoms with Crippen LogP contribution in [0.5, 0.6) is 0 Å². The van der Waals surface area contributed by atoms with Gasteiger partial charge < -0.3 is 0 Å².